The molecule has 0 bridgehead atoms. The number of aromatic nitrogens is 5. The van der Waals surface area contributed by atoms with Gasteiger partial charge in [-0.05, 0) is 36.8 Å². The number of hydrogen-bond acceptors (Lipinski definition) is 4. The first kappa shape index (κ1) is 19.0. The molecule has 1 aliphatic heterocycles. The van der Waals surface area contributed by atoms with Crippen molar-refractivity contribution in [1.29, 1.82) is 0 Å². The van der Waals surface area contributed by atoms with Crippen LogP contribution in [-0.4, -0.2) is 24.5 Å². The van der Waals surface area contributed by atoms with E-state index in [2.05, 4.69) is 20.1 Å². The Labute approximate surface area is 178 Å². The van der Waals surface area contributed by atoms with Gasteiger partial charge in [0, 0.05) is 36.8 Å². The van der Waals surface area contributed by atoms with Crippen LogP contribution in [0.2, 0.25) is 5.02 Å². The third kappa shape index (κ3) is 3.62. The van der Waals surface area contributed by atoms with Gasteiger partial charge in [-0.15, -0.1) is 10.2 Å². The number of fused-ring (bicyclic) bond motifs is 1. The minimum atomic E-state index is -0.278. The third-order valence-electron chi connectivity index (χ3n) is 5.29. The van der Waals surface area contributed by atoms with Gasteiger partial charge in [0.15, 0.2) is 0 Å². The summed E-state index contributed by atoms with van der Waals surface area (Å²) in [7, 11) is 0. The monoisotopic (exact) mass is 422 g/mol. The van der Waals surface area contributed by atoms with E-state index in [0.717, 1.165) is 53.5 Å². The zero-order valence-electron chi connectivity index (χ0n) is 16.2. The van der Waals surface area contributed by atoms with Crippen LogP contribution in [0, 0.1) is 5.82 Å². The van der Waals surface area contributed by atoms with E-state index in [0.29, 0.717) is 18.1 Å². The normalized spacial score (nSPS) is 13.0. The third-order valence-corrected chi connectivity index (χ3v) is 5.62. The lowest BCUT2D eigenvalue weighted by Gasteiger charge is -2.07. The molecule has 3 heterocycles. The van der Waals surface area contributed by atoms with E-state index in [9.17, 15) is 4.39 Å². The Balaban J connectivity index is 1.43. The molecular formula is C22H20ClFN6. The molecule has 30 heavy (non-hydrogen) atoms. The average Bonchev–Trinajstić information content (AvgIpc) is 3.46. The fourth-order valence-corrected chi connectivity index (χ4v) is 4.02. The molecule has 0 radical (unpaired) electrons. The smallest absolute Gasteiger partial charge is 0.147 e. The highest BCUT2D eigenvalue weighted by Crippen LogP contribution is 2.30. The van der Waals surface area contributed by atoms with Crippen LogP contribution in [0.15, 0.2) is 54.7 Å². The summed E-state index contributed by atoms with van der Waals surface area (Å²) in [6.45, 7) is 2.19. The number of nitrogens with zero attached hydrogens (tertiary/aromatic N) is 5. The second-order valence-electron chi connectivity index (χ2n) is 7.29. The van der Waals surface area contributed by atoms with Gasteiger partial charge in [-0.1, -0.05) is 29.8 Å². The molecule has 1 N–H and O–H groups in total. The Morgan fingerprint density at radius 2 is 1.87 bits per heavy atom. The van der Waals surface area contributed by atoms with Crippen LogP contribution in [0.25, 0.3) is 16.9 Å². The maximum atomic E-state index is 13.3. The summed E-state index contributed by atoms with van der Waals surface area (Å²) in [5.41, 5.74) is 3.43. The van der Waals surface area contributed by atoms with Gasteiger partial charge in [0.1, 0.15) is 17.5 Å². The highest BCUT2D eigenvalue weighted by Gasteiger charge is 2.18. The van der Waals surface area contributed by atoms with E-state index >= 15 is 0 Å². The lowest BCUT2D eigenvalue weighted by molar-refractivity contribution is 0.610. The molecule has 8 heteroatoms. The van der Waals surface area contributed by atoms with Crippen LogP contribution in [0.4, 0.5) is 4.39 Å². The van der Waals surface area contributed by atoms with Crippen LogP contribution < -0.4 is 5.32 Å². The second-order valence-corrected chi connectivity index (χ2v) is 7.70. The molecule has 6 nitrogen and oxygen atoms in total. The van der Waals surface area contributed by atoms with Gasteiger partial charge < -0.3 is 9.88 Å². The molecule has 2 aromatic carbocycles. The van der Waals surface area contributed by atoms with Crippen molar-refractivity contribution < 1.29 is 4.39 Å². The molecule has 152 valence electrons. The summed E-state index contributed by atoms with van der Waals surface area (Å²) in [6, 6.07) is 13.9. The zero-order chi connectivity index (χ0) is 20.5. The van der Waals surface area contributed by atoms with Gasteiger partial charge in [0.2, 0.25) is 0 Å². The quantitative estimate of drug-likeness (QED) is 0.507. The largest absolute Gasteiger partial charge is 0.314 e. The van der Waals surface area contributed by atoms with E-state index < -0.39 is 0 Å². The van der Waals surface area contributed by atoms with Gasteiger partial charge in [0.05, 0.1) is 22.9 Å². The molecule has 0 fully saturated rings. The maximum absolute atomic E-state index is 13.3. The van der Waals surface area contributed by atoms with Crippen molar-refractivity contribution in [2.45, 2.75) is 32.5 Å². The number of rotatable bonds is 6. The highest BCUT2D eigenvalue weighted by molar-refractivity contribution is 6.33. The molecule has 4 aromatic rings. The van der Waals surface area contributed by atoms with Crippen LogP contribution in [-0.2, 0) is 26.1 Å². The van der Waals surface area contributed by atoms with Gasteiger partial charge >= 0.3 is 0 Å². The van der Waals surface area contributed by atoms with Crippen molar-refractivity contribution in [2.75, 3.05) is 0 Å². The zero-order valence-corrected chi connectivity index (χ0v) is 17.0. The van der Waals surface area contributed by atoms with Gasteiger partial charge in [-0.25, -0.2) is 9.07 Å². The Hall–Kier alpha value is -3.03. The van der Waals surface area contributed by atoms with Crippen molar-refractivity contribution in [3.8, 4) is 16.9 Å². The summed E-state index contributed by atoms with van der Waals surface area (Å²) in [4.78, 5) is 0. The predicted molar refractivity (Wildman–Crippen MR) is 113 cm³/mol. The number of nitrogens with one attached hydrogen (secondary N) is 1. The van der Waals surface area contributed by atoms with Crippen molar-refractivity contribution in [1.82, 2.24) is 29.9 Å². The molecule has 0 aliphatic carbocycles. The first-order chi connectivity index (χ1) is 14.7. The maximum Gasteiger partial charge on any atom is 0.147 e. The SMILES string of the molecule is Fc1ccc(-n2cc(CNCc3nnc4n3CCC4)c(-c3ccccc3Cl)n2)cc1. The summed E-state index contributed by atoms with van der Waals surface area (Å²) in [5.74, 6) is 1.74. The molecule has 0 saturated carbocycles. The van der Waals surface area contributed by atoms with E-state index in [4.69, 9.17) is 16.7 Å². The summed E-state index contributed by atoms with van der Waals surface area (Å²) < 4.78 is 17.3. The number of hydrogen-bond donors (Lipinski definition) is 1. The fraction of sp³-hybridized carbons (Fsp3) is 0.227. The summed E-state index contributed by atoms with van der Waals surface area (Å²) >= 11 is 6.45. The minimum absolute atomic E-state index is 0.278. The van der Waals surface area contributed by atoms with E-state index in [1.807, 2.05) is 30.5 Å². The van der Waals surface area contributed by atoms with Gasteiger partial charge in [-0.3, -0.25) is 0 Å². The molecule has 0 spiro atoms. The molecule has 0 unspecified atom stereocenters. The molecule has 5 rings (SSSR count). The number of aryl methyl sites for hydroxylation is 1. The van der Waals surface area contributed by atoms with E-state index in [-0.39, 0.29) is 5.82 Å². The molecule has 0 amide bonds. The van der Waals surface area contributed by atoms with Crippen LogP contribution in [0.1, 0.15) is 23.6 Å². The second kappa shape index (κ2) is 8.01. The lowest BCUT2D eigenvalue weighted by atomic mass is 10.1. The molecule has 0 atom stereocenters. The molecular weight excluding hydrogens is 403 g/mol. The summed E-state index contributed by atoms with van der Waals surface area (Å²) in [5, 5.41) is 17.4. The Morgan fingerprint density at radius 1 is 1.03 bits per heavy atom. The van der Waals surface area contributed by atoms with Crippen LogP contribution >= 0.6 is 11.6 Å². The standard InChI is InChI=1S/C22H20ClFN6/c23-19-5-2-1-4-18(19)22-15(14-30(28-22)17-9-7-16(24)8-10-17)12-25-13-21-27-26-20-6-3-11-29(20)21/h1-2,4-5,7-10,14,25H,3,6,11-13H2. The number of halogens is 2. The van der Waals surface area contributed by atoms with Crippen LogP contribution in [0.5, 0.6) is 0 Å². The van der Waals surface area contributed by atoms with E-state index in [1.54, 1.807) is 16.8 Å². The van der Waals surface area contributed by atoms with Crippen molar-refractivity contribution in [3.05, 3.63) is 82.8 Å². The van der Waals surface area contributed by atoms with Crippen molar-refractivity contribution >= 4 is 11.6 Å². The fourth-order valence-electron chi connectivity index (χ4n) is 3.80. The van der Waals surface area contributed by atoms with Gasteiger partial charge in [0.25, 0.3) is 0 Å². The average molecular weight is 423 g/mol. The Bertz CT molecular complexity index is 1180. The van der Waals surface area contributed by atoms with Crippen molar-refractivity contribution in [2.24, 2.45) is 0 Å². The minimum Gasteiger partial charge on any atom is -0.314 e. The molecule has 2 aromatic heterocycles. The first-order valence-corrected chi connectivity index (χ1v) is 10.3. The molecule has 0 saturated heterocycles. The van der Waals surface area contributed by atoms with Crippen molar-refractivity contribution in [3.63, 3.8) is 0 Å². The number of benzene rings is 2. The lowest BCUT2D eigenvalue weighted by Crippen LogP contribution is -2.16. The van der Waals surface area contributed by atoms with E-state index in [1.165, 1.54) is 12.1 Å². The predicted octanol–water partition coefficient (Wildman–Crippen LogP) is 4.16. The topological polar surface area (TPSA) is 60.6 Å². The first-order valence-electron chi connectivity index (χ1n) is 9.90. The molecule has 1 aliphatic rings. The summed E-state index contributed by atoms with van der Waals surface area (Å²) in [6.07, 6.45) is 4.07. The Morgan fingerprint density at radius 3 is 2.70 bits per heavy atom. The highest BCUT2D eigenvalue weighted by atomic mass is 35.5. The Kier molecular flexibility index (Phi) is 5.06. The van der Waals surface area contributed by atoms with Crippen LogP contribution in [0.3, 0.4) is 0 Å². The van der Waals surface area contributed by atoms with Gasteiger partial charge in [-0.2, -0.15) is 5.10 Å².